The molecular formula is H109B107. The van der Waals surface area contributed by atoms with Gasteiger partial charge in [0.1, 0.15) is 0 Å². The molecule has 0 bridgehead atoms. The van der Waals surface area contributed by atoms with Gasteiger partial charge in [-0.1, -0.05) is 0 Å². The van der Waals surface area contributed by atoms with Crippen LogP contribution in [-0.4, -0.2) is 757 Å². The van der Waals surface area contributed by atoms with Gasteiger partial charge in [-0.25, -0.2) is 0 Å². The van der Waals surface area contributed by atoms with E-state index in [4.69, 9.17) is 0 Å². The highest BCUT2D eigenvalue weighted by molar-refractivity contribution is 8.45. The van der Waals surface area contributed by atoms with Gasteiger partial charge < -0.3 is 0 Å². The molecule has 0 aromatic heterocycles. The van der Waals surface area contributed by atoms with Gasteiger partial charge in [-0.15, -0.1) is 0 Å². The third-order valence-corrected chi connectivity index (χ3v) is 32.0. The summed E-state index contributed by atoms with van der Waals surface area (Å²) in [4.78, 5) is 0. The lowest BCUT2D eigenvalue weighted by molar-refractivity contribution is 3.12. The summed E-state index contributed by atoms with van der Waals surface area (Å²) in [5, 5.41) is 0. The molecule has 0 saturated heterocycles. The van der Waals surface area contributed by atoms with Gasteiger partial charge in [0.05, 0.1) is 418 Å². The summed E-state index contributed by atoms with van der Waals surface area (Å²) in [7, 11) is 152. The number of hydrogen-bond acceptors (Lipinski definition) is 0. The summed E-state index contributed by atoms with van der Waals surface area (Å²) in [5.74, 6) is 0. The Bertz CT molecular complexity index is 1830. The molecule has 0 aromatic carbocycles. The molecule has 0 nitrogen and oxygen atoms in total. The first-order valence-electron chi connectivity index (χ1n) is 48.7. The summed E-state index contributed by atoms with van der Waals surface area (Å²) in [5.41, 5.74) is 0. The van der Waals surface area contributed by atoms with Crippen LogP contribution in [0.2, 0.25) is 0 Å². The van der Waals surface area contributed by atoms with E-state index in [2.05, 4.69) is 418 Å². The zero-order valence-corrected chi connectivity index (χ0v) is 84.7. The number of rotatable bonds is 52. The van der Waals surface area contributed by atoms with Crippen LogP contribution in [0.3, 0.4) is 0 Å². The predicted molar refractivity (Wildman–Crippen MR) is 768 cm³/mol. The van der Waals surface area contributed by atoms with Gasteiger partial charge in [-0.2, -0.15) is 0 Å². The molecule has 0 unspecified atom stereocenters. The van der Waals surface area contributed by atoms with E-state index in [9.17, 15) is 0 Å². The molecule has 0 aliphatic carbocycles. The lowest BCUT2D eigenvalue weighted by atomic mass is 8.18. The highest BCUT2D eigenvalue weighted by Gasteiger charge is 2.70. The van der Waals surface area contributed by atoms with E-state index >= 15 is 0 Å². The smallest absolute Gasteiger partial charge is 0.000000145 e. The molecule has 0 aromatic rings. The normalized spacial score (nSPS) is 9.83. The molecule has 0 aliphatic heterocycles. The molecule has 0 fully saturated rings. The quantitative estimate of drug-likeness (QED) is 0.0533. The Kier molecular flexibility index (Phi) is 56.1. The van der Waals surface area contributed by atoms with Crippen LogP contribution in [0.4, 0.5) is 0 Å². The first-order valence-corrected chi connectivity index (χ1v) is 48.7. The van der Waals surface area contributed by atoms with E-state index in [1.807, 2.05) is 0 Å². The minimum absolute atomic E-state index is 0.393. The first-order chi connectivity index (χ1) is 48.7. The molecule has 0 saturated carbocycles. The minimum Gasteiger partial charge on any atom is 0.000000145 e. The third kappa shape index (κ3) is 30.7. The van der Waals surface area contributed by atoms with E-state index in [1.54, 1.807) is 0 Å². The van der Waals surface area contributed by atoms with Crippen molar-refractivity contribution < 1.29 is 0 Å². The van der Waals surface area contributed by atoms with Crippen molar-refractivity contribution in [1.82, 2.24) is 0 Å². The molecule has 0 atom stereocenters. The predicted octanol–water partition coefficient (Wildman–Crippen LogP) is -69.9. The molecule has 430 valence electrons. The van der Waals surface area contributed by atoms with Crippen LogP contribution in [0.15, 0.2) is 0 Å². The molecule has 0 radical (unpaired) electrons. The first kappa shape index (κ1) is 114. The lowest BCUT2D eigenvalue weighted by Crippen LogP contribution is -3.02. The van der Waals surface area contributed by atoms with Gasteiger partial charge in [-0.05, 0) is 0 Å². The van der Waals surface area contributed by atoms with E-state index in [1.165, 1.54) is 7.06 Å². The van der Waals surface area contributed by atoms with Crippen LogP contribution in [-0.2, 0) is 0 Å². The Hall–Kier alpha value is 6.95. The number of hydrogen-bond donors (Lipinski definition) is 0. The van der Waals surface area contributed by atoms with Crippen LogP contribution in [0.25, 0.3) is 0 Å². The van der Waals surface area contributed by atoms with Crippen LogP contribution >= 0.6 is 0 Å². The molecule has 0 amide bonds. The van der Waals surface area contributed by atoms with Crippen molar-refractivity contribution in [3.63, 3.8) is 0 Å². The highest BCUT2D eigenvalue weighted by atomic mass is 13.5. The van der Waals surface area contributed by atoms with Gasteiger partial charge in [0.25, 0.3) is 0 Å². The van der Waals surface area contributed by atoms with Crippen LogP contribution in [0.5, 0.6) is 0 Å². The zero-order valence-electron chi connectivity index (χ0n) is 84.7. The highest BCUT2D eigenvalue weighted by Crippen LogP contribution is 2.31. The molecule has 107 heavy (non-hydrogen) atoms. The second-order valence-electron chi connectivity index (χ2n) is 48.2. The summed E-state index contributed by atoms with van der Waals surface area (Å²) in [6, 6.07) is 0. The van der Waals surface area contributed by atoms with E-state index < -0.39 is 0 Å². The fraction of sp³-hybridized carbons (Fsp3) is 0. The van der Waals surface area contributed by atoms with Crippen molar-refractivity contribution in [2.75, 3.05) is 0 Å². The Labute approximate surface area is 749 Å². The molecule has 0 rings (SSSR count). The molecule has 107 heteroatoms. The second-order valence-corrected chi connectivity index (χ2v) is 48.2. The Morgan fingerprint density at radius 1 is 0.0841 bits per heavy atom. The maximum absolute atomic E-state index is 2.93. The zero-order chi connectivity index (χ0) is 84.7. The average Bonchev–Trinajstić information content (AvgIpc) is 0.706. The van der Waals surface area contributed by atoms with Crippen LogP contribution in [0, 0.1) is 0 Å². The van der Waals surface area contributed by atoms with Crippen molar-refractivity contribution in [1.29, 1.82) is 0 Å². The van der Waals surface area contributed by atoms with E-state index in [0.717, 1.165) is 0 Å². The monoisotopic (exact) mass is 1290 g/mol. The topological polar surface area (TPSA) is 0 Å². The van der Waals surface area contributed by atoms with Crippen molar-refractivity contribution in [2.45, 2.75) is 0 Å². The molecule has 0 N–H and O–H groups in total. The van der Waals surface area contributed by atoms with Gasteiger partial charge in [-0.3, -0.25) is 0 Å². The minimum atomic E-state index is 0.393. The Balaban J connectivity index is 15.3. The maximum Gasteiger partial charge on any atom is 0.0594 e. The Morgan fingerprint density at radius 3 is 0.206 bits per heavy atom. The summed E-state index contributed by atoms with van der Waals surface area (Å²) in [6.07, 6.45) is 26.5. The summed E-state index contributed by atoms with van der Waals surface area (Å²) < 4.78 is 0. The summed E-state index contributed by atoms with van der Waals surface area (Å²) in [6.45, 7) is 0. The third-order valence-electron chi connectivity index (χ3n) is 32.0. The van der Waals surface area contributed by atoms with Crippen molar-refractivity contribution in [3.05, 3.63) is 0 Å². The lowest BCUT2D eigenvalue weighted by Gasteiger charge is -2.63. The standard InChI is InChI=1S/B107H109/c1-55-82(54)96(83(56(2)3)57(4)5)103(97(84(58(6)7)59(8)9)85(60(10)11)61(12)13)106(102(94(78(46)47)79(48)49)95(80(50)51)81(52)53)107(104(98(86(62(14)15)63(16)17)87(64(18)19)65(20)21)99(88(66(22)23)67(24)25)89(68(26)27)69(28)29)105(100(90(70(30)31)71(32)33)91(72(34)35)73(36)37)101(92(74(38)39)75(40)41)93(76(42)43)77(44)45/h55H,1-54H2. The Morgan fingerprint density at radius 2 is 0.140 bits per heavy atom. The van der Waals surface area contributed by atoms with E-state index in [0.29, 0.717) is 332 Å². The van der Waals surface area contributed by atoms with Crippen molar-refractivity contribution in [2.24, 2.45) is 0 Å². The second kappa shape index (κ2) is 52.7. The summed E-state index contributed by atoms with van der Waals surface area (Å²) >= 11 is 0. The van der Waals surface area contributed by atoms with Crippen molar-refractivity contribution >= 4 is 757 Å². The van der Waals surface area contributed by atoms with Crippen LogP contribution in [0.1, 0.15) is 0 Å². The molecular weight excluding hydrogens is 1160 g/mol. The van der Waals surface area contributed by atoms with Gasteiger partial charge in [0, 0.05) is 339 Å². The van der Waals surface area contributed by atoms with Gasteiger partial charge >= 0.3 is 0 Å². The fourth-order valence-corrected chi connectivity index (χ4v) is 31.3. The SMILES string of the molecule is BBB(B)B(B(B(B)B)B(B)B)B(B(B(B(B)B)B(B)B)B(B(B)B)B(B)B)B(B(B(B(B)B)B(B)B)B(B(B)B)B(B)B)B(B(B(B(B(B)B)B(B)B)B(B(B)B)B(B)B)B(B(B(B)B)B(B)B)B(B(B)B)B(B)B)B(B(B(B(B)B)B(B)B)B(B(B)B)B(B)B)B(B(B(B)B)B(B)B)B(B(B)B)B(B)B. The molecule has 0 spiro atoms. The largest absolute Gasteiger partial charge is 0.0594 e. The molecule has 0 aliphatic rings. The average molecular weight is 1270 g/mol. The maximum atomic E-state index is 2.93. The van der Waals surface area contributed by atoms with E-state index in [-0.39, 0.29) is 0 Å². The fourth-order valence-electron chi connectivity index (χ4n) is 31.3. The molecule has 0 heterocycles. The van der Waals surface area contributed by atoms with Crippen LogP contribution < -0.4 is 0 Å². The van der Waals surface area contributed by atoms with Gasteiger partial charge in [0.15, 0.2) is 0 Å². The van der Waals surface area contributed by atoms with Crippen molar-refractivity contribution in [3.8, 4) is 0 Å². The van der Waals surface area contributed by atoms with Gasteiger partial charge in [0.2, 0.25) is 0 Å².